The Hall–Kier alpha value is -1.62. The number of ketones is 1. The molecule has 7 nitrogen and oxygen atoms in total. The molecule has 2 aliphatic rings. The highest BCUT2D eigenvalue weighted by Crippen LogP contribution is 2.44. The van der Waals surface area contributed by atoms with Gasteiger partial charge in [-0.05, 0) is 81.1 Å². The molecule has 2 rings (SSSR count). The molecule has 0 radical (unpaired) electrons. The fourth-order valence-corrected chi connectivity index (χ4v) is 8.30. The minimum absolute atomic E-state index is 0.0288. The summed E-state index contributed by atoms with van der Waals surface area (Å²) in [5, 5.41) is 4.08. The largest absolute Gasteiger partial charge is 0.462 e. The van der Waals surface area contributed by atoms with E-state index in [4.69, 9.17) is 14.4 Å². The number of ether oxygens (including phenoxy) is 1. The van der Waals surface area contributed by atoms with E-state index in [1.807, 2.05) is 5.06 Å². The van der Waals surface area contributed by atoms with Crippen LogP contribution in [0, 0.1) is 23.9 Å². The first-order valence-electron chi connectivity index (χ1n) is 18.6. The smallest absolute Gasteiger partial charge is 0.316 e. The maximum Gasteiger partial charge on any atom is 0.316 e. The third-order valence-electron chi connectivity index (χ3n) is 10.0. The van der Waals surface area contributed by atoms with Crippen molar-refractivity contribution in [2.75, 3.05) is 6.61 Å². The lowest BCUT2D eigenvalue weighted by Crippen LogP contribution is -2.62. The second-order valence-corrected chi connectivity index (χ2v) is 16.6. The highest BCUT2D eigenvalue weighted by Gasteiger charge is 2.52. The fourth-order valence-electron chi connectivity index (χ4n) is 8.30. The van der Waals surface area contributed by atoms with Gasteiger partial charge in [0.25, 0.3) is 0 Å². The maximum absolute atomic E-state index is 14.3. The van der Waals surface area contributed by atoms with Gasteiger partial charge in [0.05, 0.1) is 17.7 Å². The Labute approximate surface area is 283 Å². The zero-order valence-electron chi connectivity index (χ0n) is 31.7. The molecule has 2 aliphatic heterocycles. The maximum atomic E-state index is 14.3. The van der Waals surface area contributed by atoms with Crippen LogP contribution in [0.2, 0.25) is 0 Å². The Morgan fingerprint density at radius 2 is 1.17 bits per heavy atom. The topological polar surface area (TPSA) is 68.3 Å². The summed E-state index contributed by atoms with van der Waals surface area (Å²) in [6.07, 6.45) is 18.3. The van der Waals surface area contributed by atoms with Crippen molar-refractivity contribution >= 4 is 11.8 Å². The van der Waals surface area contributed by atoms with E-state index in [1.165, 1.54) is 38.5 Å². The lowest BCUT2D eigenvalue weighted by atomic mass is 9.71. The van der Waals surface area contributed by atoms with Gasteiger partial charge >= 0.3 is 5.97 Å². The van der Waals surface area contributed by atoms with Gasteiger partial charge in [0.15, 0.2) is 0 Å². The molecule has 0 amide bonds. The molecule has 46 heavy (non-hydrogen) atoms. The van der Waals surface area contributed by atoms with Crippen LogP contribution in [0.3, 0.4) is 0 Å². The summed E-state index contributed by atoms with van der Waals surface area (Å²) in [5.74, 6) is 1.51. The molecule has 0 aromatic carbocycles. The molecule has 0 spiro atoms. The molecule has 0 bridgehead atoms. The molecule has 0 N–H and O–H groups in total. The molecule has 1 unspecified atom stereocenters. The molecule has 7 heteroatoms. The molecular weight excluding hydrogens is 576 g/mol. The van der Waals surface area contributed by atoms with Gasteiger partial charge in [-0.25, -0.2) is 0 Å². The van der Waals surface area contributed by atoms with Crippen molar-refractivity contribution in [3.8, 4) is 12.0 Å². The van der Waals surface area contributed by atoms with E-state index in [-0.39, 0.29) is 34.9 Å². The number of rotatable bonds is 19. The predicted molar refractivity (Wildman–Crippen MR) is 188 cm³/mol. The summed E-state index contributed by atoms with van der Waals surface area (Å²) in [6.45, 7) is 24.0. The minimum atomic E-state index is -0.741. The molecule has 0 aliphatic carbocycles. The summed E-state index contributed by atoms with van der Waals surface area (Å²) >= 11 is 0. The molecule has 266 valence electrons. The first kappa shape index (κ1) is 40.6. The van der Waals surface area contributed by atoms with Crippen LogP contribution in [0.4, 0.5) is 0 Å². The lowest BCUT2D eigenvalue weighted by molar-refractivity contribution is -0.293. The van der Waals surface area contributed by atoms with Gasteiger partial charge in [-0.2, -0.15) is 5.06 Å². The number of hydroxylamine groups is 4. The van der Waals surface area contributed by atoms with Crippen LogP contribution < -0.4 is 0 Å². The number of Topliss-reactive ketones (excluding diaryl/α,β-unsaturated/α-hetero) is 1. The van der Waals surface area contributed by atoms with E-state index in [0.29, 0.717) is 38.7 Å². The quantitative estimate of drug-likeness (QED) is 0.0599. The third kappa shape index (κ3) is 11.8. The first-order valence-corrected chi connectivity index (χ1v) is 18.6. The summed E-state index contributed by atoms with van der Waals surface area (Å²) in [6, 6.07) is 0. The van der Waals surface area contributed by atoms with Crippen molar-refractivity contribution in [1.82, 2.24) is 10.1 Å². The second-order valence-electron chi connectivity index (χ2n) is 16.6. The average molecular weight is 647 g/mol. The van der Waals surface area contributed by atoms with Gasteiger partial charge in [0.2, 0.25) is 0 Å². The van der Waals surface area contributed by atoms with Crippen molar-refractivity contribution in [2.45, 2.75) is 207 Å². The average Bonchev–Trinajstić information content (AvgIpc) is 2.93. The fraction of sp³-hybridized carbons (Fsp3) is 0.897. The molecule has 2 saturated heterocycles. The highest BCUT2D eigenvalue weighted by molar-refractivity contribution is 6.00. The Morgan fingerprint density at radius 3 is 1.70 bits per heavy atom. The molecule has 0 aromatic heterocycles. The van der Waals surface area contributed by atoms with E-state index in [2.05, 4.69) is 86.3 Å². The summed E-state index contributed by atoms with van der Waals surface area (Å²) in [4.78, 5) is 40.6. The number of piperidine rings is 2. The van der Waals surface area contributed by atoms with Crippen LogP contribution in [0.5, 0.6) is 0 Å². The summed E-state index contributed by atoms with van der Waals surface area (Å²) < 4.78 is 6.33. The number of nitrogens with zero attached hydrogens (tertiary/aromatic N) is 2. The monoisotopic (exact) mass is 647 g/mol. The third-order valence-corrected chi connectivity index (χ3v) is 10.0. The van der Waals surface area contributed by atoms with Crippen LogP contribution in [0.1, 0.15) is 179 Å². The van der Waals surface area contributed by atoms with Crippen LogP contribution >= 0.6 is 0 Å². The molecule has 1 atom stereocenters. The Balaban J connectivity index is 2.15. The van der Waals surface area contributed by atoms with Crippen molar-refractivity contribution in [2.24, 2.45) is 11.8 Å². The summed E-state index contributed by atoms with van der Waals surface area (Å²) in [5.41, 5.74) is -1.45. The van der Waals surface area contributed by atoms with E-state index < -0.39 is 17.0 Å². The van der Waals surface area contributed by atoms with Gasteiger partial charge in [-0.3, -0.25) is 14.4 Å². The minimum Gasteiger partial charge on any atom is -0.462 e. The molecule has 2 fully saturated rings. The molecule has 2 heterocycles. The molecule has 0 aromatic rings. The summed E-state index contributed by atoms with van der Waals surface area (Å²) in [7, 11) is 0. The zero-order valence-corrected chi connectivity index (χ0v) is 31.7. The Kier molecular flexibility index (Phi) is 16.1. The van der Waals surface area contributed by atoms with Crippen LogP contribution in [0.15, 0.2) is 0 Å². The Bertz CT molecular complexity index is 972. The van der Waals surface area contributed by atoms with E-state index in [9.17, 15) is 9.59 Å². The lowest BCUT2D eigenvalue weighted by Gasteiger charge is -2.53. The first-order chi connectivity index (χ1) is 21.5. The van der Waals surface area contributed by atoms with E-state index in [1.54, 1.807) is 6.92 Å². The number of unbranched alkanes of at least 4 members (excludes halogenated alkanes) is 9. The number of esters is 1. The van der Waals surface area contributed by atoms with Gasteiger partial charge in [-0.1, -0.05) is 84.0 Å². The van der Waals surface area contributed by atoms with Crippen molar-refractivity contribution in [1.29, 1.82) is 0 Å². The van der Waals surface area contributed by atoms with Crippen LogP contribution in [-0.2, 0) is 24.0 Å². The normalized spacial score (nSPS) is 22.1. The van der Waals surface area contributed by atoms with Gasteiger partial charge in [-0.15, -0.1) is 5.06 Å². The number of hydrogen-bond acceptors (Lipinski definition) is 7. The number of carbonyl (C=O) groups is 2. The number of hydrogen-bond donors (Lipinski definition) is 0. The van der Waals surface area contributed by atoms with E-state index in [0.717, 1.165) is 32.1 Å². The molecule has 0 saturated carbocycles. The van der Waals surface area contributed by atoms with Crippen LogP contribution in [0.25, 0.3) is 0 Å². The number of carbonyl (C=O) groups excluding carboxylic acids is 2. The van der Waals surface area contributed by atoms with Gasteiger partial charge in [0.1, 0.15) is 23.9 Å². The second kappa shape index (κ2) is 18.2. The van der Waals surface area contributed by atoms with Crippen LogP contribution in [-0.4, -0.2) is 56.7 Å². The van der Waals surface area contributed by atoms with Gasteiger partial charge in [0, 0.05) is 36.8 Å². The van der Waals surface area contributed by atoms with Crippen molar-refractivity contribution in [3.63, 3.8) is 0 Å². The predicted octanol–water partition coefficient (Wildman–Crippen LogP) is 9.57. The Morgan fingerprint density at radius 1 is 0.696 bits per heavy atom. The van der Waals surface area contributed by atoms with Crippen molar-refractivity contribution in [3.05, 3.63) is 0 Å². The van der Waals surface area contributed by atoms with E-state index >= 15 is 0 Å². The highest BCUT2D eigenvalue weighted by atomic mass is 16.7. The zero-order chi connectivity index (χ0) is 34.6. The van der Waals surface area contributed by atoms with Crippen molar-refractivity contribution < 1.29 is 24.0 Å². The molecular formula is C39H70N2O5. The van der Waals surface area contributed by atoms with Gasteiger partial charge < -0.3 is 9.57 Å². The SMILES string of the molecule is CC#CON1C(C)(C)CC(C(=O)C(CCCCCCC)C(=O)OC2CC(C)(C)N(OCCCCCCCC)C(C)(C)C2)CC1(C)C. The standard InChI is InChI=1S/C39H70N2O5/c1-12-15-17-19-21-23-26-45-41-38(8,9)29-32(30-39(41,10)11)46-35(43)33(24-22-20-18-16-13-2)34(42)31-27-36(4,5)40(44-25-14-3)37(6,7)28-31/h31-33H,12-13,15-24,26-30H2,1-11H3.